The number of carbonyl (C=O) groups is 3. The lowest BCUT2D eigenvalue weighted by Gasteiger charge is -2.26. The van der Waals surface area contributed by atoms with Crippen LogP contribution in [-0.4, -0.2) is 59.4 Å². The van der Waals surface area contributed by atoms with Crippen molar-refractivity contribution in [3.63, 3.8) is 0 Å². The number of carbonyl (C=O) groups excluding carboxylic acids is 2. The van der Waals surface area contributed by atoms with Crippen molar-refractivity contribution < 1.29 is 19.5 Å². The maximum absolute atomic E-state index is 12.6. The molecule has 2 rings (SSSR count). The van der Waals surface area contributed by atoms with Crippen molar-refractivity contribution in [2.45, 2.75) is 32.7 Å². The maximum atomic E-state index is 12.6. The summed E-state index contributed by atoms with van der Waals surface area (Å²) < 4.78 is 0. The predicted octanol–water partition coefficient (Wildman–Crippen LogP) is 0.422. The van der Waals surface area contributed by atoms with E-state index in [1.54, 1.807) is 32.8 Å². The molecule has 20 heavy (non-hydrogen) atoms. The number of likely N-dealkylation sites (tertiary alicyclic amines) is 1. The molecule has 3 atom stereocenters. The first-order chi connectivity index (χ1) is 9.19. The molecule has 2 amide bonds. The molecule has 112 valence electrons. The lowest BCUT2D eigenvalue weighted by atomic mass is 10.1. The lowest BCUT2D eigenvalue weighted by Crippen LogP contribution is -2.46. The number of aliphatic carboxylic acids is 1. The largest absolute Gasteiger partial charge is 0.481 e. The van der Waals surface area contributed by atoms with E-state index in [0.717, 1.165) is 6.42 Å². The van der Waals surface area contributed by atoms with Crippen molar-refractivity contribution in [2.75, 3.05) is 20.6 Å². The van der Waals surface area contributed by atoms with E-state index in [-0.39, 0.29) is 11.8 Å². The minimum Gasteiger partial charge on any atom is -0.481 e. The number of carboxylic acid groups (broad SMARTS) is 1. The number of carboxylic acids is 1. The first-order valence-electron chi connectivity index (χ1n) is 6.94. The molecule has 0 spiro atoms. The van der Waals surface area contributed by atoms with Gasteiger partial charge in [0.1, 0.15) is 6.04 Å². The molecule has 1 aliphatic heterocycles. The van der Waals surface area contributed by atoms with Crippen LogP contribution in [0.5, 0.6) is 0 Å². The predicted molar refractivity (Wildman–Crippen MR) is 71.8 cm³/mol. The fraction of sp³-hybridized carbons (Fsp3) is 0.786. The number of hydrogen-bond acceptors (Lipinski definition) is 3. The zero-order valence-corrected chi connectivity index (χ0v) is 12.4. The third kappa shape index (κ3) is 2.17. The summed E-state index contributed by atoms with van der Waals surface area (Å²) in [6.45, 7) is 4.14. The summed E-state index contributed by atoms with van der Waals surface area (Å²) in [6, 6.07) is -0.427. The smallest absolute Gasteiger partial charge is 0.307 e. The van der Waals surface area contributed by atoms with Crippen molar-refractivity contribution >= 4 is 17.8 Å². The van der Waals surface area contributed by atoms with Crippen LogP contribution in [0.3, 0.4) is 0 Å². The highest BCUT2D eigenvalue weighted by molar-refractivity contribution is 5.95. The van der Waals surface area contributed by atoms with Crippen LogP contribution in [-0.2, 0) is 14.4 Å². The average molecular weight is 282 g/mol. The van der Waals surface area contributed by atoms with Gasteiger partial charge in [0.05, 0.1) is 11.8 Å². The van der Waals surface area contributed by atoms with Crippen molar-refractivity contribution in [3.05, 3.63) is 0 Å². The van der Waals surface area contributed by atoms with E-state index in [1.807, 2.05) is 0 Å². The molecule has 1 N–H and O–H groups in total. The summed E-state index contributed by atoms with van der Waals surface area (Å²) in [5.41, 5.74) is -0.517. The zero-order chi connectivity index (χ0) is 15.2. The highest BCUT2D eigenvalue weighted by Gasteiger charge is 2.67. The monoisotopic (exact) mass is 282 g/mol. The molecule has 0 aromatic rings. The SMILES string of the molecule is CN(C)C(=O)C1CCCN1C(=O)[C@H]1[C@@H](C(=O)O)C1(C)C. The van der Waals surface area contributed by atoms with Gasteiger partial charge in [0.2, 0.25) is 11.8 Å². The van der Waals surface area contributed by atoms with Gasteiger partial charge in [-0.15, -0.1) is 0 Å². The molecule has 1 heterocycles. The first-order valence-corrected chi connectivity index (χ1v) is 6.94. The number of likely N-dealkylation sites (N-methyl/N-ethyl adjacent to an activating group) is 1. The molecule has 6 nitrogen and oxygen atoms in total. The van der Waals surface area contributed by atoms with Gasteiger partial charge >= 0.3 is 5.97 Å². The van der Waals surface area contributed by atoms with Crippen LogP contribution in [0, 0.1) is 17.3 Å². The van der Waals surface area contributed by atoms with Crippen LogP contribution < -0.4 is 0 Å². The summed E-state index contributed by atoms with van der Waals surface area (Å²) in [4.78, 5) is 38.9. The third-order valence-corrected chi connectivity index (χ3v) is 4.62. The van der Waals surface area contributed by atoms with Crippen LogP contribution in [0.1, 0.15) is 26.7 Å². The minimum absolute atomic E-state index is 0.0822. The normalized spacial score (nSPS) is 31.0. The molecule has 1 saturated carbocycles. The maximum Gasteiger partial charge on any atom is 0.307 e. The Balaban J connectivity index is 2.14. The van der Waals surface area contributed by atoms with Crippen LogP contribution in [0.25, 0.3) is 0 Å². The van der Waals surface area contributed by atoms with E-state index < -0.39 is 29.3 Å². The first kappa shape index (κ1) is 14.8. The van der Waals surface area contributed by atoms with Gasteiger partial charge in [0.25, 0.3) is 0 Å². The van der Waals surface area contributed by atoms with E-state index in [2.05, 4.69) is 0 Å². The van der Waals surface area contributed by atoms with E-state index in [0.29, 0.717) is 13.0 Å². The lowest BCUT2D eigenvalue weighted by molar-refractivity contribution is -0.145. The molecule has 6 heteroatoms. The minimum atomic E-state index is -0.928. The summed E-state index contributed by atoms with van der Waals surface area (Å²) >= 11 is 0. The highest BCUT2D eigenvalue weighted by Crippen LogP contribution is 2.59. The Labute approximate surface area is 118 Å². The van der Waals surface area contributed by atoms with Gasteiger partial charge in [0.15, 0.2) is 0 Å². The second kappa shape index (κ2) is 4.75. The zero-order valence-electron chi connectivity index (χ0n) is 12.4. The van der Waals surface area contributed by atoms with E-state index >= 15 is 0 Å². The molecule has 2 aliphatic rings. The molecule has 1 aliphatic carbocycles. The van der Waals surface area contributed by atoms with Crippen molar-refractivity contribution in [2.24, 2.45) is 17.3 Å². The molecular weight excluding hydrogens is 260 g/mol. The topological polar surface area (TPSA) is 77.9 Å². The van der Waals surface area contributed by atoms with Crippen LogP contribution in [0.15, 0.2) is 0 Å². The number of nitrogens with zero attached hydrogens (tertiary/aromatic N) is 2. The van der Waals surface area contributed by atoms with Crippen LogP contribution in [0.2, 0.25) is 0 Å². The van der Waals surface area contributed by atoms with Crippen molar-refractivity contribution in [1.29, 1.82) is 0 Å². The van der Waals surface area contributed by atoms with Gasteiger partial charge in [0, 0.05) is 20.6 Å². The summed E-state index contributed by atoms with van der Waals surface area (Å²) in [6.07, 6.45) is 1.45. The van der Waals surface area contributed by atoms with E-state index in [9.17, 15) is 14.4 Å². The number of amides is 2. The van der Waals surface area contributed by atoms with Gasteiger partial charge in [-0.2, -0.15) is 0 Å². The van der Waals surface area contributed by atoms with Gasteiger partial charge < -0.3 is 14.9 Å². The molecule has 0 aromatic carbocycles. The number of rotatable bonds is 3. The second-order valence-corrected chi connectivity index (χ2v) is 6.54. The third-order valence-electron chi connectivity index (χ3n) is 4.62. The Morgan fingerprint density at radius 1 is 1.20 bits per heavy atom. The molecule has 1 unspecified atom stereocenters. The second-order valence-electron chi connectivity index (χ2n) is 6.54. The molecule has 1 saturated heterocycles. The van der Waals surface area contributed by atoms with Crippen LogP contribution >= 0.6 is 0 Å². The molecular formula is C14H22N2O4. The Morgan fingerprint density at radius 3 is 2.25 bits per heavy atom. The Bertz CT molecular complexity index is 458. The molecule has 0 bridgehead atoms. The fourth-order valence-corrected chi connectivity index (χ4v) is 3.32. The summed E-state index contributed by atoms with van der Waals surface area (Å²) in [5.74, 6) is -2.33. The Hall–Kier alpha value is -1.59. The molecule has 0 aromatic heterocycles. The number of hydrogen-bond donors (Lipinski definition) is 1. The Kier molecular flexibility index (Phi) is 3.52. The van der Waals surface area contributed by atoms with Gasteiger partial charge in [-0.05, 0) is 18.3 Å². The Morgan fingerprint density at radius 2 is 1.80 bits per heavy atom. The van der Waals surface area contributed by atoms with Gasteiger partial charge in [-0.1, -0.05) is 13.8 Å². The van der Waals surface area contributed by atoms with Crippen molar-refractivity contribution in [3.8, 4) is 0 Å². The highest BCUT2D eigenvalue weighted by atomic mass is 16.4. The molecule has 2 fully saturated rings. The van der Waals surface area contributed by atoms with Crippen LogP contribution in [0.4, 0.5) is 0 Å². The van der Waals surface area contributed by atoms with E-state index in [4.69, 9.17) is 5.11 Å². The molecule has 0 radical (unpaired) electrons. The van der Waals surface area contributed by atoms with E-state index in [1.165, 1.54) is 4.90 Å². The standard InChI is InChI=1S/C14H22N2O4/c1-14(2)9(10(14)13(19)20)12(18)16-7-5-6-8(16)11(17)15(3)4/h8-10H,5-7H2,1-4H3,(H,19,20)/t8?,9-,10+/m1/s1. The quantitative estimate of drug-likeness (QED) is 0.814. The summed E-state index contributed by atoms with van der Waals surface area (Å²) in [7, 11) is 3.34. The average Bonchev–Trinajstić information content (AvgIpc) is 2.74. The van der Waals surface area contributed by atoms with Gasteiger partial charge in [-0.3, -0.25) is 14.4 Å². The fourth-order valence-electron chi connectivity index (χ4n) is 3.32. The summed E-state index contributed by atoms with van der Waals surface area (Å²) in [5, 5.41) is 9.17. The van der Waals surface area contributed by atoms with Gasteiger partial charge in [-0.25, -0.2) is 0 Å². The van der Waals surface area contributed by atoms with Crippen molar-refractivity contribution in [1.82, 2.24) is 9.80 Å².